The molecule has 10 heteroatoms. The molecule has 0 amide bonds. The molecule has 0 aromatic carbocycles. The highest BCUT2D eigenvalue weighted by molar-refractivity contribution is 7.98. The van der Waals surface area contributed by atoms with Crippen molar-refractivity contribution in [3.63, 3.8) is 0 Å². The van der Waals surface area contributed by atoms with Crippen molar-refractivity contribution in [3.05, 3.63) is 39.6 Å². The Bertz CT molecular complexity index is 801. The molecule has 0 radical (unpaired) electrons. The normalized spacial score (nSPS) is 22.5. The Hall–Kier alpha value is -1.78. The number of allylic oxidation sites excluding steroid dienone is 1. The van der Waals surface area contributed by atoms with Crippen LogP contribution < -0.4 is 10.0 Å². The molecule has 3 aliphatic rings. The number of nitrogens with zero attached hydrogens (tertiary/aromatic N) is 3. The molecular formula is C18H22F2N6S2. The summed E-state index contributed by atoms with van der Waals surface area (Å²) in [7, 11) is 0. The average Bonchev–Trinajstić information content (AvgIpc) is 3.17. The Morgan fingerprint density at radius 1 is 1.46 bits per heavy atom. The minimum absolute atomic E-state index is 0.365. The lowest BCUT2D eigenvalue weighted by molar-refractivity contribution is 0.125. The highest BCUT2D eigenvalue weighted by atomic mass is 32.2. The molecule has 1 atom stereocenters. The van der Waals surface area contributed by atoms with E-state index in [2.05, 4.69) is 14.6 Å². The molecule has 28 heavy (non-hydrogen) atoms. The van der Waals surface area contributed by atoms with Crippen molar-refractivity contribution < 1.29 is 8.78 Å². The number of alkyl halides is 2. The first-order valence-electron chi connectivity index (χ1n) is 9.23. The van der Waals surface area contributed by atoms with Crippen molar-refractivity contribution >= 4 is 35.3 Å². The summed E-state index contributed by atoms with van der Waals surface area (Å²) in [6.45, 7) is -0.597. The number of hydrogen-bond acceptors (Lipinski definition) is 8. The quantitative estimate of drug-likeness (QED) is 0.322. The molecule has 3 heterocycles. The second kappa shape index (κ2) is 8.71. The van der Waals surface area contributed by atoms with E-state index in [4.69, 9.17) is 10.4 Å². The molecule has 1 unspecified atom stereocenters. The van der Waals surface area contributed by atoms with Crippen LogP contribution in [-0.2, 0) is 0 Å². The molecule has 1 aromatic heterocycles. The average molecular weight is 425 g/mol. The van der Waals surface area contributed by atoms with Crippen LogP contribution in [0.25, 0.3) is 0 Å². The van der Waals surface area contributed by atoms with Gasteiger partial charge in [-0.15, -0.1) is 11.3 Å². The first kappa shape index (κ1) is 19.5. The van der Waals surface area contributed by atoms with E-state index >= 15 is 0 Å². The highest BCUT2D eigenvalue weighted by Crippen LogP contribution is 2.37. The maximum absolute atomic E-state index is 12.6. The van der Waals surface area contributed by atoms with Crippen LogP contribution in [0.2, 0.25) is 0 Å². The molecule has 2 fully saturated rings. The Morgan fingerprint density at radius 2 is 2.32 bits per heavy atom. The second-order valence-electron chi connectivity index (χ2n) is 6.96. The number of aliphatic imine (C=N–C) groups is 1. The molecule has 1 aliphatic carbocycles. The number of rotatable bonds is 9. The predicted molar refractivity (Wildman–Crippen MR) is 110 cm³/mol. The van der Waals surface area contributed by atoms with Gasteiger partial charge in [-0.1, -0.05) is 11.9 Å². The van der Waals surface area contributed by atoms with Crippen molar-refractivity contribution in [3.8, 4) is 0 Å². The summed E-state index contributed by atoms with van der Waals surface area (Å²) >= 11 is 3.36. The molecule has 6 nitrogen and oxygen atoms in total. The standard InChI is InChI=1S/C18H22F2N6S2/c19-18(20)24-8-12(6-21)14-9-23-16(17-22-3-4-27-17)26-10-11(5-15(14)26)7-25-28-13-1-2-13/h3-4,6,8,11,13,18,21,24-25H,1-2,5,7,9-10H2/b12-8+,21-6?. The van der Waals surface area contributed by atoms with E-state index in [1.807, 2.05) is 22.6 Å². The molecule has 150 valence electrons. The number of thiazole rings is 1. The Labute approximate surface area is 170 Å². The zero-order valence-electron chi connectivity index (χ0n) is 15.2. The van der Waals surface area contributed by atoms with Crippen molar-refractivity contribution in [2.75, 3.05) is 19.6 Å². The van der Waals surface area contributed by atoms with Crippen LogP contribution in [0, 0.1) is 11.3 Å². The number of nitrogens with one attached hydrogen (secondary N) is 3. The lowest BCUT2D eigenvalue weighted by atomic mass is 10.00. The Kier molecular flexibility index (Phi) is 6.07. The van der Waals surface area contributed by atoms with Gasteiger partial charge in [-0.25, -0.2) is 4.98 Å². The largest absolute Gasteiger partial charge is 0.336 e. The molecule has 1 saturated carbocycles. The molecule has 0 spiro atoms. The monoisotopic (exact) mass is 424 g/mol. The fraction of sp³-hybridized carbons (Fsp3) is 0.500. The summed E-state index contributed by atoms with van der Waals surface area (Å²) in [5, 5.41) is 13.2. The third-order valence-electron chi connectivity index (χ3n) is 4.88. The number of amidine groups is 1. The van der Waals surface area contributed by atoms with Crippen LogP contribution in [0.3, 0.4) is 0 Å². The number of hydrogen-bond donors (Lipinski definition) is 3. The third kappa shape index (κ3) is 4.44. The van der Waals surface area contributed by atoms with Gasteiger partial charge in [0.25, 0.3) is 0 Å². The van der Waals surface area contributed by atoms with E-state index in [0.29, 0.717) is 18.0 Å². The van der Waals surface area contributed by atoms with Crippen LogP contribution in [0.15, 0.2) is 39.6 Å². The molecular weight excluding hydrogens is 402 g/mol. The summed E-state index contributed by atoms with van der Waals surface area (Å²) in [6, 6.07) is 0. The highest BCUT2D eigenvalue weighted by Gasteiger charge is 2.36. The van der Waals surface area contributed by atoms with Crippen LogP contribution in [0.4, 0.5) is 8.78 Å². The zero-order chi connectivity index (χ0) is 19.5. The van der Waals surface area contributed by atoms with Gasteiger partial charge in [-0.3, -0.25) is 9.71 Å². The maximum Gasteiger partial charge on any atom is 0.312 e. The van der Waals surface area contributed by atoms with Gasteiger partial charge in [0.15, 0.2) is 10.8 Å². The van der Waals surface area contributed by atoms with E-state index in [9.17, 15) is 8.78 Å². The van der Waals surface area contributed by atoms with Gasteiger partial charge in [0.05, 0.1) is 6.54 Å². The van der Waals surface area contributed by atoms with Crippen molar-refractivity contribution in [2.45, 2.75) is 31.1 Å². The van der Waals surface area contributed by atoms with E-state index < -0.39 is 6.55 Å². The number of halogens is 2. The SMILES string of the molecule is N=C/C(=C\NC(F)F)C1=C2CC(CNSC3CC3)CN2C(c2nccs2)=NC1. The first-order valence-corrected chi connectivity index (χ1v) is 11.0. The van der Waals surface area contributed by atoms with Gasteiger partial charge < -0.3 is 15.6 Å². The summed E-state index contributed by atoms with van der Waals surface area (Å²) in [5.74, 6) is 1.24. The second-order valence-corrected chi connectivity index (χ2v) is 9.05. The van der Waals surface area contributed by atoms with Gasteiger partial charge in [0, 0.05) is 59.2 Å². The topological polar surface area (TPSA) is 76.4 Å². The molecule has 0 bridgehead atoms. The summed E-state index contributed by atoms with van der Waals surface area (Å²) in [6.07, 6.45) is 7.51. The molecule has 1 saturated heterocycles. The smallest absolute Gasteiger partial charge is 0.312 e. The van der Waals surface area contributed by atoms with Crippen molar-refractivity contribution in [1.29, 1.82) is 5.41 Å². The number of aromatic nitrogens is 1. The van der Waals surface area contributed by atoms with Gasteiger partial charge in [0.1, 0.15) is 0 Å². The van der Waals surface area contributed by atoms with Crippen molar-refractivity contribution in [2.24, 2.45) is 10.9 Å². The molecule has 4 rings (SSSR count). The van der Waals surface area contributed by atoms with Gasteiger partial charge >= 0.3 is 6.55 Å². The van der Waals surface area contributed by atoms with E-state index in [0.717, 1.165) is 53.1 Å². The van der Waals surface area contributed by atoms with E-state index in [1.54, 1.807) is 17.5 Å². The minimum atomic E-state index is -2.66. The lowest BCUT2D eigenvalue weighted by Crippen LogP contribution is -2.34. The molecule has 2 aliphatic heterocycles. The minimum Gasteiger partial charge on any atom is -0.336 e. The summed E-state index contributed by atoms with van der Waals surface area (Å²) < 4.78 is 28.7. The van der Waals surface area contributed by atoms with Crippen molar-refractivity contribution in [1.82, 2.24) is 19.9 Å². The zero-order valence-corrected chi connectivity index (χ0v) is 16.8. The third-order valence-corrected chi connectivity index (χ3v) is 6.79. The van der Waals surface area contributed by atoms with Crippen LogP contribution in [0.5, 0.6) is 0 Å². The Balaban J connectivity index is 1.57. The summed E-state index contributed by atoms with van der Waals surface area (Å²) in [5.41, 5.74) is 2.35. The fourth-order valence-electron chi connectivity index (χ4n) is 3.40. The lowest BCUT2D eigenvalue weighted by Gasteiger charge is -2.28. The van der Waals surface area contributed by atoms with E-state index in [1.165, 1.54) is 19.0 Å². The predicted octanol–water partition coefficient (Wildman–Crippen LogP) is 3.23. The van der Waals surface area contributed by atoms with Gasteiger partial charge in [0.2, 0.25) is 0 Å². The molecule has 1 aromatic rings. The maximum atomic E-state index is 12.6. The Morgan fingerprint density at radius 3 is 3.00 bits per heavy atom. The van der Waals surface area contributed by atoms with E-state index in [-0.39, 0.29) is 0 Å². The summed E-state index contributed by atoms with van der Waals surface area (Å²) in [4.78, 5) is 11.3. The van der Waals surface area contributed by atoms with Gasteiger partial charge in [-0.05, 0) is 25.2 Å². The van der Waals surface area contributed by atoms with Crippen LogP contribution in [0.1, 0.15) is 24.3 Å². The first-order chi connectivity index (χ1) is 13.7. The van der Waals surface area contributed by atoms with Gasteiger partial charge in [-0.2, -0.15) is 8.78 Å². The fourth-order valence-corrected chi connectivity index (χ4v) is 4.99. The van der Waals surface area contributed by atoms with Crippen LogP contribution in [-0.4, -0.2) is 53.4 Å². The molecule has 3 N–H and O–H groups in total. The van der Waals surface area contributed by atoms with Crippen LogP contribution >= 0.6 is 23.3 Å². The number of fused-ring (bicyclic) bond motifs is 1.